The third kappa shape index (κ3) is 10.0. The van der Waals surface area contributed by atoms with Crippen LogP contribution in [0.2, 0.25) is 0 Å². The summed E-state index contributed by atoms with van der Waals surface area (Å²) in [4.78, 5) is 15.6. The molecule has 0 saturated carbocycles. The maximum absolute atomic E-state index is 9.42. The van der Waals surface area contributed by atoms with E-state index in [2.05, 4.69) is 88.1 Å². The molecule has 1 fully saturated rings. The van der Waals surface area contributed by atoms with Crippen molar-refractivity contribution >= 4 is 54.3 Å². The predicted octanol–water partition coefficient (Wildman–Crippen LogP) is 8.63. The van der Waals surface area contributed by atoms with E-state index in [0.29, 0.717) is 21.6 Å². The lowest BCUT2D eigenvalue weighted by molar-refractivity contribution is -0.0932. The van der Waals surface area contributed by atoms with Gasteiger partial charge in [0.05, 0.1) is 57.8 Å². The number of fused-ring (bicyclic) bond motifs is 1. The van der Waals surface area contributed by atoms with Crippen molar-refractivity contribution in [2.45, 2.75) is 76.7 Å². The summed E-state index contributed by atoms with van der Waals surface area (Å²) in [6, 6.07) is 28.4. The van der Waals surface area contributed by atoms with Crippen LogP contribution in [0.5, 0.6) is 11.5 Å². The van der Waals surface area contributed by atoms with E-state index in [9.17, 15) is 5.26 Å². The van der Waals surface area contributed by atoms with E-state index in [4.69, 9.17) is 33.1 Å². The van der Waals surface area contributed by atoms with Crippen molar-refractivity contribution in [1.29, 1.82) is 5.26 Å². The van der Waals surface area contributed by atoms with E-state index in [1.54, 1.807) is 25.2 Å². The molecule has 1 saturated heterocycles. The Morgan fingerprint density at radius 1 is 0.949 bits per heavy atom. The number of aliphatic imine (C=N–C) groups is 1. The molecule has 5 aromatic rings. The Morgan fingerprint density at radius 3 is 2.12 bits per heavy atom. The zero-order chi connectivity index (χ0) is 42.1. The smallest absolute Gasteiger partial charge is 0.259 e. The van der Waals surface area contributed by atoms with Crippen molar-refractivity contribution in [2.24, 2.45) is 4.99 Å². The number of ether oxygens (including phenoxy) is 4. The lowest BCUT2D eigenvalue weighted by atomic mass is 9.80. The van der Waals surface area contributed by atoms with E-state index < -0.39 is 32.6 Å². The lowest BCUT2D eigenvalue weighted by Gasteiger charge is -2.39. The summed E-state index contributed by atoms with van der Waals surface area (Å²) in [6.45, 7) is 8.82. The van der Waals surface area contributed by atoms with E-state index in [0.717, 1.165) is 33.6 Å². The first-order valence-corrected chi connectivity index (χ1v) is 21.7. The second kappa shape index (κ2) is 20.3. The summed E-state index contributed by atoms with van der Waals surface area (Å²) >= 11 is 2.20. The van der Waals surface area contributed by atoms with Crippen LogP contribution in [0.3, 0.4) is 0 Å². The van der Waals surface area contributed by atoms with E-state index in [1.165, 1.54) is 6.33 Å². The number of rotatable bonds is 19. The minimum Gasteiger partial charge on any atom is -0.497 e. The van der Waals surface area contributed by atoms with Crippen molar-refractivity contribution in [2.75, 3.05) is 41.5 Å². The van der Waals surface area contributed by atoms with Gasteiger partial charge in [0.25, 0.3) is 8.53 Å². The summed E-state index contributed by atoms with van der Waals surface area (Å²) in [5, 5.41) is 15.1. The first-order chi connectivity index (χ1) is 28.5. The maximum atomic E-state index is 9.42. The van der Waals surface area contributed by atoms with Gasteiger partial charge >= 0.3 is 0 Å². The molecule has 4 atom stereocenters. The molecule has 0 spiro atoms. The molecule has 0 N–H and O–H groups in total. The number of hydrogen-bond acceptors (Lipinski definition) is 12. The normalized spacial score (nSPS) is 17.6. The Bertz CT molecular complexity index is 2130. The van der Waals surface area contributed by atoms with Gasteiger partial charge in [-0.15, -0.1) is 0 Å². The quantitative estimate of drug-likeness (QED) is 0.0196. The van der Waals surface area contributed by atoms with Gasteiger partial charge in [0.15, 0.2) is 17.7 Å². The molecule has 0 aliphatic carbocycles. The monoisotopic (exact) mass is 934 g/mol. The van der Waals surface area contributed by atoms with E-state index in [1.807, 2.05) is 85.7 Å². The Kier molecular flexibility index (Phi) is 15.3. The van der Waals surface area contributed by atoms with Gasteiger partial charge in [0.1, 0.15) is 33.2 Å². The number of methoxy groups -OCH3 is 2. The molecule has 6 rings (SSSR count). The van der Waals surface area contributed by atoms with E-state index in [-0.39, 0.29) is 31.7 Å². The molecule has 1 unspecified atom stereocenters. The molecule has 59 heavy (non-hydrogen) atoms. The fourth-order valence-corrected chi connectivity index (χ4v) is 9.66. The van der Waals surface area contributed by atoms with Crippen LogP contribution in [0.25, 0.3) is 11.0 Å². The van der Waals surface area contributed by atoms with Crippen LogP contribution in [0.4, 0.5) is 5.82 Å². The fraction of sp³-hybridized carbons (Fsp3) is 0.419. The highest BCUT2D eigenvalue weighted by atomic mass is 127. The Balaban J connectivity index is 1.45. The highest BCUT2D eigenvalue weighted by molar-refractivity contribution is 14.1. The van der Waals surface area contributed by atoms with E-state index >= 15 is 0 Å². The molecule has 0 radical (unpaired) electrons. The second-order valence-corrected chi connectivity index (χ2v) is 17.1. The number of halogens is 1. The Morgan fingerprint density at radius 2 is 1.56 bits per heavy atom. The van der Waals surface area contributed by atoms with Gasteiger partial charge < -0.3 is 32.9 Å². The van der Waals surface area contributed by atoms with Gasteiger partial charge in [-0.25, -0.2) is 24.3 Å². The SMILES string of the molecule is COc1ccc(C(OC[C@H]2O[C@@H](n3nc(I)c4c(/N=C/N(C)C)ncnc43)C[C@@H]2OP(OCCC#N)N(C(C)C)C(C)C)(c2ccccc2)c2ccc(OC)cc2)cc1. The third-order valence-corrected chi connectivity index (χ3v) is 12.7. The first-order valence-electron chi connectivity index (χ1n) is 19.5. The molecule has 3 heterocycles. The van der Waals surface area contributed by atoms with Gasteiger partial charge in [-0.1, -0.05) is 54.6 Å². The summed E-state index contributed by atoms with van der Waals surface area (Å²) in [5.41, 5.74) is 2.20. The van der Waals surface area contributed by atoms with Crippen molar-refractivity contribution in [3.63, 3.8) is 0 Å². The Hall–Kier alpha value is -4.27. The average Bonchev–Trinajstić information content (AvgIpc) is 3.80. The predicted molar refractivity (Wildman–Crippen MR) is 237 cm³/mol. The molecule has 2 aromatic heterocycles. The third-order valence-electron chi connectivity index (χ3n) is 9.82. The van der Waals surface area contributed by atoms with Crippen LogP contribution in [0.1, 0.15) is 63.5 Å². The molecule has 14 nitrogen and oxygen atoms in total. The second-order valence-electron chi connectivity index (χ2n) is 14.7. The first kappa shape index (κ1) is 44.3. The Labute approximate surface area is 361 Å². The number of hydrogen-bond donors (Lipinski definition) is 0. The minimum atomic E-state index is -1.63. The standard InChI is InChI=1S/C43H52IN8O6P/c1-29(2)52(30(3)4)59(56-24-12-23-45)58-36-25-38(51-42-39(40(44)49-51)41(46-27-47-42)48-28-50(5)6)57-37(36)26-55-43(31-13-10-9-11-14-31,32-15-19-34(53-7)20-16-32)33-17-21-35(54-8)22-18-33/h9-11,13-22,27-30,36-38H,12,24-26H2,1-8H3/b48-28+/t36-,37+,38+,59?/m0/s1. The topological polar surface area (TPSA) is 142 Å². The highest BCUT2D eigenvalue weighted by Crippen LogP contribution is 2.51. The zero-order valence-electron chi connectivity index (χ0n) is 34.7. The van der Waals surface area contributed by atoms with Crippen LogP contribution in [0.15, 0.2) is 90.2 Å². The maximum Gasteiger partial charge on any atom is 0.259 e. The molecule has 0 bridgehead atoms. The molecular weight excluding hydrogens is 882 g/mol. The van der Waals surface area contributed by atoms with Crippen molar-refractivity contribution in [3.8, 4) is 17.6 Å². The minimum absolute atomic E-state index is 0.0985. The number of nitriles is 1. The van der Waals surface area contributed by atoms with Gasteiger partial charge in [0, 0.05) is 32.6 Å². The van der Waals surface area contributed by atoms with Crippen LogP contribution < -0.4 is 9.47 Å². The molecule has 1 aliphatic rings. The lowest BCUT2D eigenvalue weighted by Crippen LogP contribution is -2.39. The molecule has 3 aromatic carbocycles. The largest absolute Gasteiger partial charge is 0.497 e. The van der Waals surface area contributed by atoms with Crippen molar-refractivity contribution in [3.05, 3.63) is 106 Å². The molecule has 0 amide bonds. The van der Waals surface area contributed by atoms with Gasteiger partial charge in [-0.3, -0.25) is 0 Å². The number of nitrogens with zero attached hydrogens (tertiary/aromatic N) is 8. The highest BCUT2D eigenvalue weighted by Gasteiger charge is 2.45. The summed E-state index contributed by atoms with van der Waals surface area (Å²) in [5.74, 6) is 1.97. The summed E-state index contributed by atoms with van der Waals surface area (Å²) < 4.78 is 43.7. The molecule has 312 valence electrons. The van der Waals surface area contributed by atoms with Crippen molar-refractivity contribution < 1.29 is 28.0 Å². The van der Waals surface area contributed by atoms with Crippen LogP contribution in [-0.4, -0.2) is 101 Å². The van der Waals surface area contributed by atoms with Gasteiger partial charge in [0.2, 0.25) is 0 Å². The number of aromatic nitrogens is 4. The van der Waals surface area contributed by atoms with Gasteiger partial charge in [-0.2, -0.15) is 10.4 Å². The number of benzene rings is 3. The van der Waals surface area contributed by atoms with Crippen LogP contribution >= 0.6 is 31.1 Å². The summed E-state index contributed by atoms with van der Waals surface area (Å²) in [7, 11) is 5.48. The van der Waals surface area contributed by atoms with Crippen molar-refractivity contribution in [1.82, 2.24) is 29.3 Å². The fourth-order valence-electron chi connectivity index (χ4n) is 7.19. The average molecular weight is 935 g/mol. The van der Waals surface area contributed by atoms with Gasteiger partial charge in [-0.05, 0) is 91.2 Å². The molecule has 16 heteroatoms. The zero-order valence-corrected chi connectivity index (χ0v) is 37.8. The van der Waals surface area contributed by atoms with Crippen LogP contribution in [-0.2, 0) is 24.1 Å². The van der Waals surface area contributed by atoms with Crippen LogP contribution in [0, 0.1) is 15.0 Å². The summed E-state index contributed by atoms with van der Waals surface area (Å²) in [6.07, 6.45) is 2.14. The molecule has 1 aliphatic heterocycles. The molecular formula is C43H52IN8O6P.